The molecule has 1 aromatic carbocycles. The molecule has 1 amide bonds. The van der Waals surface area contributed by atoms with Crippen LogP contribution in [-0.2, 0) is 0 Å². The Morgan fingerprint density at radius 2 is 1.85 bits per heavy atom. The highest BCUT2D eigenvalue weighted by molar-refractivity contribution is 9.10. The number of halogens is 2. The molecule has 0 fully saturated rings. The maximum Gasteiger partial charge on any atom is 0.274 e. The summed E-state index contributed by atoms with van der Waals surface area (Å²) in [6.07, 6.45) is 1.62. The van der Waals surface area contributed by atoms with Crippen molar-refractivity contribution in [2.75, 3.05) is 5.32 Å². The van der Waals surface area contributed by atoms with Crippen molar-refractivity contribution in [1.82, 2.24) is 14.8 Å². The summed E-state index contributed by atoms with van der Waals surface area (Å²) in [7, 11) is 0. The first kappa shape index (κ1) is 18.6. The van der Waals surface area contributed by atoms with E-state index >= 15 is 0 Å². The van der Waals surface area contributed by atoms with E-state index in [1.807, 2.05) is 39.8 Å². The monoisotopic (exact) mass is 432 g/mol. The molecule has 0 spiro atoms. The van der Waals surface area contributed by atoms with Crippen molar-refractivity contribution in [3.05, 3.63) is 68.0 Å². The van der Waals surface area contributed by atoms with Crippen LogP contribution in [0.4, 0.5) is 5.69 Å². The number of aryl methyl sites for hydroxylation is 3. The Hall–Kier alpha value is -2.18. The minimum Gasteiger partial charge on any atom is -0.320 e. The molecule has 5 nitrogen and oxygen atoms in total. The Labute approximate surface area is 165 Å². The number of pyridine rings is 1. The molecule has 0 aliphatic rings. The Kier molecular flexibility index (Phi) is 5.16. The molecule has 0 unspecified atom stereocenters. The highest BCUT2D eigenvalue weighted by atomic mass is 79.9. The van der Waals surface area contributed by atoms with Crippen LogP contribution in [0.25, 0.3) is 5.82 Å². The van der Waals surface area contributed by atoms with Gasteiger partial charge in [-0.3, -0.25) is 4.79 Å². The normalized spacial score (nSPS) is 10.8. The van der Waals surface area contributed by atoms with Crippen molar-refractivity contribution in [2.45, 2.75) is 27.7 Å². The van der Waals surface area contributed by atoms with E-state index < -0.39 is 0 Å². The van der Waals surface area contributed by atoms with Gasteiger partial charge in [0, 0.05) is 21.9 Å². The predicted molar refractivity (Wildman–Crippen MR) is 107 cm³/mol. The molecule has 2 aromatic heterocycles. The first-order valence-corrected chi connectivity index (χ1v) is 9.22. The quantitative estimate of drug-likeness (QED) is 0.620. The molecule has 0 atom stereocenters. The highest BCUT2D eigenvalue weighted by Gasteiger charge is 2.23. The summed E-state index contributed by atoms with van der Waals surface area (Å²) in [6.45, 7) is 7.64. The molecule has 0 radical (unpaired) electrons. The van der Waals surface area contributed by atoms with E-state index in [0.717, 1.165) is 32.5 Å². The molecule has 26 heavy (non-hydrogen) atoms. The average Bonchev–Trinajstić information content (AvgIpc) is 2.86. The van der Waals surface area contributed by atoms with E-state index in [0.29, 0.717) is 16.5 Å². The first-order valence-electron chi connectivity index (χ1n) is 8.04. The number of carbonyl (C=O) groups is 1. The third kappa shape index (κ3) is 3.39. The number of aromatic nitrogens is 3. The second kappa shape index (κ2) is 7.21. The van der Waals surface area contributed by atoms with E-state index in [-0.39, 0.29) is 5.91 Å². The fourth-order valence-corrected chi connectivity index (χ4v) is 3.73. The summed E-state index contributed by atoms with van der Waals surface area (Å²) >= 11 is 9.74. The van der Waals surface area contributed by atoms with Crippen LogP contribution >= 0.6 is 27.5 Å². The van der Waals surface area contributed by atoms with Gasteiger partial charge in [0.25, 0.3) is 5.91 Å². The van der Waals surface area contributed by atoms with Gasteiger partial charge in [0.1, 0.15) is 5.69 Å². The summed E-state index contributed by atoms with van der Waals surface area (Å²) < 4.78 is 2.48. The van der Waals surface area contributed by atoms with Crippen molar-refractivity contribution < 1.29 is 4.79 Å². The van der Waals surface area contributed by atoms with Gasteiger partial charge in [0.15, 0.2) is 5.82 Å². The van der Waals surface area contributed by atoms with Crippen LogP contribution < -0.4 is 5.32 Å². The molecule has 1 N–H and O–H groups in total. The van der Waals surface area contributed by atoms with Crippen LogP contribution in [0.1, 0.15) is 32.9 Å². The number of carbonyl (C=O) groups excluding carboxylic acids is 1. The summed E-state index contributed by atoms with van der Waals surface area (Å²) in [6, 6.07) is 7.39. The summed E-state index contributed by atoms with van der Waals surface area (Å²) in [4.78, 5) is 17.4. The number of hydrogen-bond acceptors (Lipinski definition) is 3. The molecular weight excluding hydrogens is 416 g/mol. The lowest BCUT2D eigenvalue weighted by Gasteiger charge is -2.14. The molecule has 0 bridgehead atoms. The SMILES string of the molecule is Cc1cc(Br)cc(C)c1NC(=O)c1c(C)c(C)nn1-c1ncccc1Cl. The van der Waals surface area contributed by atoms with Gasteiger partial charge in [-0.1, -0.05) is 27.5 Å². The van der Waals surface area contributed by atoms with Crippen molar-refractivity contribution >= 4 is 39.1 Å². The van der Waals surface area contributed by atoms with Gasteiger partial charge in [-0.05, 0) is 63.1 Å². The zero-order valence-electron chi connectivity index (χ0n) is 14.9. The van der Waals surface area contributed by atoms with Crippen LogP contribution in [0.5, 0.6) is 0 Å². The summed E-state index contributed by atoms with van der Waals surface area (Å²) in [5.41, 5.74) is 4.70. The van der Waals surface area contributed by atoms with Gasteiger partial charge >= 0.3 is 0 Å². The number of nitrogens with zero attached hydrogens (tertiary/aromatic N) is 3. The van der Waals surface area contributed by atoms with Crippen LogP contribution in [0.3, 0.4) is 0 Å². The molecule has 3 aromatic rings. The number of rotatable bonds is 3. The molecule has 0 aliphatic carbocycles. The van der Waals surface area contributed by atoms with Crippen molar-refractivity contribution in [1.29, 1.82) is 0 Å². The number of hydrogen-bond donors (Lipinski definition) is 1. The van der Waals surface area contributed by atoms with E-state index in [1.165, 1.54) is 4.68 Å². The molecular formula is C19H18BrClN4O. The third-order valence-corrected chi connectivity index (χ3v) is 5.00. The van der Waals surface area contributed by atoms with Crippen LogP contribution in [-0.4, -0.2) is 20.7 Å². The lowest BCUT2D eigenvalue weighted by Crippen LogP contribution is -2.20. The standard InChI is InChI=1S/C19H18BrClN4O/c1-10-8-14(20)9-11(2)16(10)23-19(26)17-12(3)13(4)24-25(17)18-15(21)6-5-7-22-18/h5-9H,1-4H3,(H,23,26). The zero-order chi connectivity index (χ0) is 19.0. The molecule has 0 aliphatic heterocycles. The van der Waals surface area contributed by atoms with Gasteiger partial charge in [-0.2, -0.15) is 5.10 Å². The molecule has 7 heteroatoms. The summed E-state index contributed by atoms with van der Waals surface area (Å²) in [5.74, 6) is 0.179. The van der Waals surface area contributed by atoms with Gasteiger partial charge in [-0.15, -0.1) is 0 Å². The Morgan fingerprint density at radius 3 is 2.46 bits per heavy atom. The van der Waals surface area contributed by atoms with Crippen LogP contribution in [0.2, 0.25) is 5.02 Å². The van der Waals surface area contributed by atoms with Crippen molar-refractivity contribution in [3.8, 4) is 5.82 Å². The van der Waals surface area contributed by atoms with Gasteiger partial charge in [0.05, 0.1) is 10.7 Å². The van der Waals surface area contributed by atoms with Crippen LogP contribution in [0.15, 0.2) is 34.9 Å². The van der Waals surface area contributed by atoms with E-state index in [1.54, 1.807) is 18.3 Å². The number of benzene rings is 1. The van der Waals surface area contributed by atoms with E-state index in [2.05, 4.69) is 31.3 Å². The van der Waals surface area contributed by atoms with Gasteiger partial charge < -0.3 is 5.32 Å². The lowest BCUT2D eigenvalue weighted by molar-refractivity contribution is 0.101. The Balaban J connectivity index is 2.08. The molecule has 3 rings (SSSR count). The largest absolute Gasteiger partial charge is 0.320 e. The number of anilines is 1. The molecule has 0 saturated heterocycles. The smallest absolute Gasteiger partial charge is 0.274 e. The fraction of sp³-hybridized carbons (Fsp3) is 0.211. The number of nitrogens with one attached hydrogen (secondary N) is 1. The minimum atomic E-state index is -0.252. The van der Waals surface area contributed by atoms with E-state index in [4.69, 9.17) is 11.6 Å². The number of amides is 1. The molecule has 134 valence electrons. The van der Waals surface area contributed by atoms with Gasteiger partial charge in [0.2, 0.25) is 0 Å². The fourth-order valence-electron chi connectivity index (χ4n) is 2.84. The third-order valence-electron chi connectivity index (χ3n) is 4.25. The topological polar surface area (TPSA) is 59.8 Å². The Bertz CT molecular complexity index is 990. The lowest BCUT2D eigenvalue weighted by atomic mass is 10.1. The van der Waals surface area contributed by atoms with Crippen molar-refractivity contribution in [2.24, 2.45) is 0 Å². The maximum atomic E-state index is 13.1. The molecule has 0 saturated carbocycles. The van der Waals surface area contributed by atoms with Crippen LogP contribution in [0, 0.1) is 27.7 Å². The van der Waals surface area contributed by atoms with E-state index in [9.17, 15) is 4.79 Å². The summed E-state index contributed by atoms with van der Waals surface area (Å²) in [5, 5.41) is 7.91. The average molecular weight is 434 g/mol. The van der Waals surface area contributed by atoms with Gasteiger partial charge in [-0.25, -0.2) is 9.67 Å². The predicted octanol–water partition coefficient (Wildman–Crippen LogP) is 5.17. The first-order chi connectivity index (χ1) is 12.3. The maximum absolute atomic E-state index is 13.1. The second-order valence-electron chi connectivity index (χ2n) is 6.15. The minimum absolute atomic E-state index is 0.252. The molecule has 2 heterocycles. The Morgan fingerprint density at radius 1 is 1.19 bits per heavy atom. The zero-order valence-corrected chi connectivity index (χ0v) is 17.2. The second-order valence-corrected chi connectivity index (χ2v) is 7.47. The van der Waals surface area contributed by atoms with Crippen molar-refractivity contribution in [3.63, 3.8) is 0 Å². The highest BCUT2D eigenvalue weighted by Crippen LogP contribution is 2.27.